The van der Waals surface area contributed by atoms with Crippen molar-refractivity contribution >= 4 is 27.3 Å². The van der Waals surface area contributed by atoms with Crippen molar-refractivity contribution in [2.75, 3.05) is 0 Å². The van der Waals surface area contributed by atoms with E-state index in [2.05, 4.69) is 27.4 Å². The molecule has 0 fully saturated rings. The quantitative estimate of drug-likeness (QED) is 0.854. The Morgan fingerprint density at radius 3 is 2.91 bits per heavy atom. The van der Waals surface area contributed by atoms with E-state index in [-0.39, 0.29) is 6.10 Å². The van der Waals surface area contributed by atoms with E-state index in [0.29, 0.717) is 0 Å². The fraction of sp³-hybridized carbons (Fsp3) is 0.500. The van der Waals surface area contributed by atoms with Crippen LogP contribution in [-0.2, 0) is 6.42 Å². The van der Waals surface area contributed by atoms with Gasteiger partial charge in [-0.2, -0.15) is 0 Å². The first-order valence-corrected chi connectivity index (χ1v) is 5.26. The van der Waals surface area contributed by atoms with Crippen LogP contribution in [0.3, 0.4) is 0 Å². The van der Waals surface area contributed by atoms with Crippen molar-refractivity contribution in [3.05, 3.63) is 20.8 Å². The standard InChI is InChI=1S/C8H11BrOS/c1-6(10)2-3-7-4-8(9)11-5-7/h4-6,10H,2-3H2,1H3. The highest BCUT2D eigenvalue weighted by molar-refractivity contribution is 9.11. The minimum atomic E-state index is -0.186. The van der Waals surface area contributed by atoms with E-state index in [0.717, 1.165) is 16.6 Å². The summed E-state index contributed by atoms with van der Waals surface area (Å²) in [4.78, 5) is 0. The second kappa shape index (κ2) is 4.24. The first-order chi connectivity index (χ1) is 5.18. The van der Waals surface area contributed by atoms with E-state index >= 15 is 0 Å². The molecule has 1 aromatic heterocycles. The van der Waals surface area contributed by atoms with Crippen molar-refractivity contribution in [3.63, 3.8) is 0 Å². The van der Waals surface area contributed by atoms with E-state index in [4.69, 9.17) is 5.11 Å². The van der Waals surface area contributed by atoms with Gasteiger partial charge in [-0.1, -0.05) is 0 Å². The summed E-state index contributed by atoms with van der Waals surface area (Å²) in [6.45, 7) is 1.82. The molecule has 1 unspecified atom stereocenters. The second-order valence-corrected chi connectivity index (χ2v) is 4.94. The van der Waals surface area contributed by atoms with Crippen molar-refractivity contribution in [2.24, 2.45) is 0 Å². The van der Waals surface area contributed by atoms with Gasteiger partial charge in [0.25, 0.3) is 0 Å². The van der Waals surface area contributed by atoms with Crippen LogP contribution in [0.25, 0.3) is 0 Å². The summed E-state index contributed by atoms with van der Waals surface area (Å²) in [5.41, 5.74) is 1.31. The highest BCUT2D eigenvalue weighted by Crippen LogP contribution is 2.21. The molecule has 62 valence electrons. The average Bonchev–Trinajstić information content (AvgIpc) is 2.31. The second-order valence-electron chi connectivity index (χ2n) is 2.65. The third-order valence-corrected chi connectivity index (χ3v) is 3.03. The van der Waals surface area contributed by atoms with Crippen LogP contribution in [0, 0.1) is 0 Å². The molecule has 0 saturated heterocycles. The van der Waals surface area contributed by atoms with Crippen LogP contribution in [0.2, 0.25) is 0 Å². The Morgan fingerprint density at radius 1 is 1.73 bits per heavy atom. The Bertz CT molecular complexity index is 220. The van der Waals surface area contributed by atoms with Crippen molar-refractivity contribution in [1.82, 2.24) is 0 Å². The van der Waals surface area contributed by atoms with Crippen LogP contribution in [0.5, 0.6) is 0 Å². The van der Waals surface area contributed by atoms with E-state index in [1.165, 1.54) is 5.56 Å². The molecule has 0 spiro atoms. The van der Waals surface area contributed by atoms with Crippen LogP contribution < -0.4 is 0 Å². The Hall–Kier alpha value is 0.140. The molecule has 0 aromatic carbocycles. The normalized spacial score (nSPS) is 13.4. The van der Waals surface area contributed by atoms with Gasteiger partial charge in [0.05, 0.1) is 9.89 Å². The van der Waals surface area contributed by atoms with E-state index in [9.17, 15) is 0 Å². The summed E-state index contributed by atoms with van der Waals surface area (Å²) in [7, 11) is 0. The Kier molecular flexibility index (Phi) is 3.55. The fourth-order valence-electron chi connectivity index (χ4n) is 0.852. The number of halogens is 1. The molecule has 0 amide bonds. The van der Waals surface area contributed by atoms with Gasteiger partial charge in [0.1, 0.15) is 0 Å². The Balaban J connectivity index is 2.39. The number of aryl methyl sites for hydroxylation is 1. The lowest BCUT2D eigenvalue weighted by molar-refractivity contribution is 0.185. The molecular weight excluding hydrogens is 224 g/mol. The number of rotatable bonds is 3. The fourth-order valence-corrected chi connectivity index (χ4v) is 2.10. The number of aliphatic hydroxyl groups excluding tert-OH is 1. The van der Waals surface area contributed by atoms with Crippen molar-refractivity contribution in [1.29, 1.82) is 0 Å². The van der Waals surface area contributed by atoms with Crippen LogP contribution in [0.1, 0.15) is 18.9 Å². The molecule has 0 saturated carbocycles. The monoisotopic (exact) mass is 234 g/mol. The zero-order valence-electron chi connectivity index (χ0n) is 6.38. The molecule has 1 N–H and O–H groups in total. The maximum Gasteiger partial charge on any atom is 0.0701 e. The molecule has 1 rings (SSSR count). The van der Waals surface area contributed by atoms with Gasteiger partial charge in [-0.05, 0) is 52.7 Å². The lowest BCUT2D eigenvalue weighted by atomic mass is 10.1. The molecule has 0 bridgehead atoms. The third-order valence-electron chi connectivity index (χ3n) is 1.47. The topological polar surface area (TPSA) is 20.2 Å². The summed E-state index contributed by atoms with van der Waals surface area (Å²) >= 11 is 5.09. The minimum Gasteiger partial charge on any atom is -0.393 e. The van der Waals surface area contributed by atoms with Crippen molar-refractivity contribution < 1.29 is 5.11 Å². The number of hydrogen-bond acceptors (Lipinski definition) is 2. The van der Waals surface area contributed by atoms with Gasteiger partial charge < -0.3 is 5.11 Å². The van der Waals surface area contributed by atoms with Crippen LogP contribution >= 0.6 is 27.3 Å². The maximum absolute atomic E-state index is 9.01. The van der Waals surface area contributed by atoms with Gasteiger partial charge >= 0.3 is 0 Å². The molecule has 0 aliphatic rings. The van der Waals surface area contributed by atoms with Crippen molar-refractivity contribution in [3.8, 4) is 0 Å². The Morgan fingerprint density at radius 2 is 2.45 bits per heavy atom. The van der Waals surface area contributed by atoms with Crippen LogP contribution in [0.15, 0.2) is 15.2 Å². The van der Waals surface area contributed by atoms with E-state index in [1.807, 2.05) is 6.92 Å². The third kappa shape index (κ3) is 3.36. The summed E-state index contributed by atoms with van der Waals surface area (Å²) in [6, 6.07) is 2.10. The SMILES string of the molecule is CC(O)CCc1csc(Br)c1. The molecule has 11 heavy (non-hydrogen) atoms. The smallest absolute Gasteiger partial charge is 0.0701 e. The summed E-state index contributed by atoms with van der Waals surface area (Å²) in [5, 5.41) is 11.1. The summed E-state index contributed by atoms with van der Waals surface area (Å²) < 4.78 is 1.16. The maximum atomic E-state index is 9.01. The summed E-state index contributed by atoms with van der Waals surface area (Å²) in [6.07, 6.45) is 1.64. The molecular formula is C8H11BrOS. The van der Waals surface area contributed by atoms with Gasteiger partial charge in [0.2, 0.25) is 0 Å². The van der Waals surface area contributed by atoms with Crippen LogP contribution in [0.4, 0.5) is 0 Å². The molecule has 3 heteroatoms. The van der Waals surface area contributed by atoms with Gasteiger partial charge in [-0.25, -0.2) is 0 Å². The first-order valence-electron chi connectivity index (χ1n) is 3.59. The van der Waals surface area contributed by atoms with Gasteiger partial charge in [-0.3, -0.25) is 0 Å². The highest BCUT2D eigenvalue weighted by atomic mass is 79.9. The van der Waals surface area contributed by atoms with Crippen LogP contribution in [-0.4, -0.2) is 11.2 Å². The van der Waals surface area contributed by atoms with E-state index < -0.39 is 0 Å². The highest BCUT2D eigenvalue weighted by Gasteiger charge is 1.99. The van der Waals surface area contributed by atoms with E-state index in [1.54, 1.807) is 11.3 Å². The average molecular weight is 235 g/mol. The molecule has 0 radical (unpaired) electrons. The number of hydrogen-bond donors (Lipinski definition) is 1. The largest absolute Gasteiger partial charge is 0.393 e. The van der Waals surface area contributed by atoms with Gasteiger partial charge in [0, 0.05) is 0 Å². The first kappa shape index (κ1) is 9.23. The predicted octanol–water partition coefficient (Wildman–Crippen LogP) is 2.82. The minimum absolute atomic E-state index is 0.186. The molecule has 1 aromatic rings. The summed E-state index contributed by atoms with van der Waals surface area (Å²) in [5.74, 6) is 0. The lowest BCUT2D eigenvalue weighted by Crippen LogP contribution is -2.00. The van der Waals surface area contributed by atoms with Crippen molar-refractivity contribution in [2.45, 2.75) is 25.9 Å². The van der Waals surface area contributed by atoms with Gasteiger partial charge in [0.15, 0.2) is 0 Å². The molecule has 1 atom stereocenters. The molecule has 0 aliphatic heterocycles. The zero-order chi connectivity index (χ0) is 8.27. The molecule has 0 aliphatic carbocycles. The zero-order valence-corrected chi connectivity index (χ0v) is 8.78. The predicted molar refractivity (Wildman–Crippen MR) is 52.0 cm³/mol. The number of thiophene rings is 1. The lowest BCUT2D eigenvalue weighted by Gasteiger charge is -2.00. The number of aliphatic hydroxyl groups is 1. The Labute approximate surface area is 79.2 Å². The molecule has 1 nitrogen and oxygen atoms in total. The van der Waals surface area contributed by atoms with Gasteiger partial charge in [-0.15, -0.1) is 11.3 Å². The molecule has 1 heterocycles.